The number of guanidine groups is 1. The van der Waals surface area contributed by atoms with E-state index in [0.29, 0.717) is 68.0 Å². The topological polar surface area (TPSA) is 165 Å². The minimum Gasteiger partial charge on any atom is -0.504 e. The number of hydrogen-bond acceptors (Lipinski definition) is 12. The molecule has 12 nitrogen and oxygen atoms in total. The lowest BCUT2D eigenvalue weighted by Gasteiger charge is -2.46. The van der Waals surface area contributed by atoms with E-state index in [2.05, 4.69) is 32.3 Å². The number of aliphatic imine (C=N–C) groups is 1. The van der Waals surface area contributed by atoms with Crippen LogP contribution >= 0.6 is 0 Å². The van der Waals surface area contributed by atoms with E-state index in [1.165, 1.54) is 13.3 Å². The van der Waals surface area contributed by atoms with E-state index in [1.807, 2.05) is 6.07 Å². The van der Waals surface area contributed by atoms with Gasteiger partial charge in [0.25, 0.3) is 0 Å². The lowest BCUT2D eigenvalue weighted by molar-refractivity contribution is -0.152. The maximum absolute atomic E-state index is 12.7. The first-order valence-electron chi connectivity index (χ1n) is 19.9. The number of phenols is 1. The molecule has 9 atom stereocenters. The summed E-state index contributed by atoms with van der Waals surface area (Å²) >= 11 is 0. The van der Waals surface area contributed by atoms with E-state index in [1.54, 1.807) is 6.07 Å². The molecule has 1 spiro atoms. The summed E-state index contributed by atoms with van der Waals surface area (Å²) in [5.74, 6) is 8.98. The zero-order chi connectivity index (χ0) is 36.2. The first kappa shape index (κ1) is 37.2. The first-order chi connectivity index (χ1) is 25.1. The van der Waals surface area contributed by atoms with Crippen molar-refractivity contribution in [1.82, 2.24) is 20.4 Å². The number of aliphatic hydroxyl groups is 2. The Balaban J connectivity index is 1.28. The van der Waals surface area contributed by atoms with E-state index < -0.39 is 23.6 Å². The Bertz CT molecular complexity index is 1500. The quantitative estimate of drug-likeness (QED) is 0.196. The average molecular weight is 721 g/mol. The van der Waals surface area contributed by atoms with E-state index >= 15 is 0 Å². The minimum absolute atomic E-state index is 0.0110. The van der Waals surface area contributed by atoms with Gasteiger partial charge < -0.3 is 46.1 Å². The maximum Gasteiger partial charge on any atom is 0.302 e. The second-order valence-corrected chi connectivity index (χ2v) is 16.7. The second kappa shape index (κ2) is 16.5. The zero-order valence-corrected chi connectivity index (χ0v) is 30.9. The number of fused-ring (bicyclic) bond motifs is 9. The molecule has 0 amide bonds. The fourth-order valence-electron chi connectivity index (χ4n) is 10.0. The van der Waals surface area contributed by atoms with Crippen LogP contribution in [-0.4, -0.2) is 114 Å². The second-order valence-electron chi connectivity index (χ2n) is 16.7. The lowest BCUT2D eigenvalue weighted by Crippen LogP contribution is -2.53. The predicted molar refractivity (Wildman–Crippen MR) is 198 cm³/mol. The molecule has 1 aromatic carbocycles. The SMILES string of the molecule is CC(=O)O[C@@H]1C[C@@H](O)CC[C@@]2(C#C[C@@H]3CCC[C@H]4C[C@H](CCN4)Oc4cc(c(CO)cc4O)C[C@@H]31)CCN1C[C@@H]3C[C@@H](C1)CN(CN=C(N)NC2)C3. The number of aliphatic hydroxyl groups excluding tert-OH is 2. The number of esters is 1. The zero-order valence-electron chi connectivity index (χ0n) is 30.9. The molecule has 7 aliphatic rings. The number of aromatic hydroxyl groups is 1. The molecule has 8 bridgehead atoms. The predicted octanol–water partition coefficient (Wildman–Crippen LogP) is 2.33. The molecule has 6 aliphatic heterocycles. The molecular formula is C40H60N6O6. The summed E-state index contributed by atoms with van der Waals surface area (Å²) in [6.45, 7) is 8.36. The monoisotopic (exact) mass is 720 g/mol. The number of hydrogen-bond donors (Lipinski definition) is 6. The lowest BCUT2D eigenvalue weighted by atomic mass is 9.73. The molecule has 6 heterocycles. The Morgan fingerprint density at radius 3 is 2.69 bits per heavy atom. The van der Waals surface area contributed by atoms with Gasteiger partial charge in [0.1, 0.15) is 12.2 Å². The summed E-state index contributed by atoms with van der Waals surface area (Å²) in [6, 6.07) is 3.74. The highest BCUT2D eigenvalue weighted by atomic mass is 16.5. The van der Waals surface area contributed by atoms with Crippen LogP contribution in [0.3, 0.4) is 0 Å². The van der Waals surface area contributed by atoms with Crippen LogP contribution < -0.4 is 21.1 Å². The number of rotatable bonds is 2. The van der Waals surface area contributed by atoms with Crippen molar-refractivity contribution in [3.05, 3.63) is 23.3 Å². The summed E-state index contributed by atoms with van der Waals surface area (Å²) in [4.78, 5) is 22.5. The summed E-state index contributed by atoms with van der Waals surface area (Å²) in [7, 11) is 0. The number of benzene rings is 1. The minimum atomic E-state index is -0.708. The third-order valence-corrected chi connectivity index (χ3v) is 12.7. The van der Waals surface area contributed by atoms with E-state index in [-0.39, 0.29) is 36.3 Å². The van der Waals surface area contributed by atoms with Crippen LogP contribution in [0.25, 0.3) is 0 Å². The van der Waals surface area contributed by atoms with Gasteiger partial charge in [0.05, 0.1) is 24.8 Å². The highest BCUT2D eigenvalue weighted by Gasteiger charge is 2.40. The largest absolute Gasteiger partial charge is 0.504 e. The third-order valence-electron chi connectivity index (χ3n) is 12.7. The summed E-state index contributed by atoms with van der Waals surface area (Å²) < 4.78 is 12.5. The van der Waals surface area contributed by atoms with Crippen molar-refractivity contribution in [1.29, 1.82) is 0 Å². The fourth-order valence-corrected chi connectivity index (χ4v) is 10.0. The normalized spacial score (nSPS) is 38.3. The number of carbonyl (C=O) groups is 1. The number of ether oxygens (including phenoxy) is 2. The fraction of sp³-hybridized carbons (Fsp3) is 0.750. The molecule has 8 rings (SSSR count). The third kappa shape index (κ3) is 9.16. The molecule has 0 aromatic heterocycles. The molecule has 52 heavy (non-hydrogen) atoms. The summed E-state index contributed by atoms with van der Waals surface area (Å²) in [5, 5.41) is 40.3. The molecule has 0 radical (unpaired) electrons. The first-order valence-corrected chi connectivity index (χ1v) is 19.9. The van der Waals surface area contributed by atoms with E-state index in [9.17, 15) is 20.1 Å². The van der Waals surface area contributed by atoms with Gasteiger partial charge in [-0.15, -0.1) is 0 Å². The number of nitrogens with zero attached hydrogens (tertiary/aromatic N) is 3. The Hall–Kier alpha value is -3.08. The van der Waals surface area contributed by atoms with Gasteiger partial charge in [-0.2, -0.15) is 0 Å². The van der Waals surface area contributed by atoms with Crippen molar-refractivity contribution >= 4 is 11.9 Å². The van der Waals surface area contributed by atoms with Crippen LogP contribution in [0.5, 0.6) is 11.5 Å². The highest BCUT2D eigenvalue weighted by molar-refractivity contribution is 5.77. The summed E-state index contributed by atoms with van der Waals surface area (Å²) in [5.41, 5.74) is 7.48. The van der Waals surface area contributed by atoms with Gasteiger partial charge in [0.15, 0.2) is 17.5 Å². The molecule has 1 aromatic rings. The van der Waals surface area contributed by atoms with Crippen LogP contribution in [0.15, 0.2) is 17.1 Å². The average Bonchev–Trinajstić information content (AvgIpc) is 3.13. The number of nitrogens with one attached hydrogen (secondary N) is 2. The van der Waals surface area contributed by atoms with Crippen LogP contribution in [0, 0.1) is 40.9 Å². The van der Waals surface area contributed by atoms with Crippen LogP contribution in [0.1, 0.15) is 82.3 Å². The standard InChI is InChI=1S/C40H60N6O6/c1-26(48)51-37-18-33(49)6-9-40(10-12-45-19-27-13-28(20-45)22-46(21-27)25-44-39(41)43-24-40)8-5-29-3-2-4-32-17-34(7-11-42-32)52-38-16-30(14-35(29)37)31(23-47)15-36(38)50/h15-16,27-29,32-35,37,42,47,49-50H,2-4,6-7,9-14,17-25H2,1H3,(H3,41,43,44)/t27-,28-,29-,32-,33-,34-,35-,37+,40-/m0/s1. The molecule has 0 unspecified atom stereocenters. The van der Waals surface area contributed by atoms with E-state index in [4.69, 9.17) is 20.2 Å². The van der Waals surface area contributed by atoms with Crippen LogP contribution in [0.2, 0.25) is 0 Å². The molecule has 3 saturated heterocycles. The number of nitrogens with two attached hydrogens (primary N) is 1. The van der Waals surface area contributed by atoms with Crippen molar-refractivity contribution in [2.45, 2.75) is 109 Å². The van der Waals surface area contributed by atoms with Gasteiger partial charge in [-0.25, -0.2) is 4.99 Å². The van der Waals surface area contributed by atoms with Crippen molar-refractivity contribution in [2.75, 3.05) is 52.5 Å². The van der Waals surface area contributed by atoms with Gasteiger partial charge in [-0.1, -0.05) is 18.3 Å². The van der Waals surface area contributed by atoms with E-state index in [0.717, 1.165) is 83.4 Å². The number of carbonyl (C=O) groups excluding carboxylic acids is 1. The Kier molecular flexibility index (Phi) is 11.8. The van der Waals surface area contributed by atoms with Crippen molar-refractivity contribution in [3.63, 3.8) is 0 Å². The molecule has 1 aliphatic carbocycles. The van der Waals surface area contributed by atoms with Crippen molar-refractivity contribution < 1.29 is 29.6 Å². The maximum atomic E-state index is 12.7. The van der Waals surface area contributed by atoms with Crippen LogP contribution in [0.4, 0.5) is 0 Å². The Morgan fingerprint density at radius 1 is 1.10 bits per heavy atom. The van der Waals surface area contributed by atoms with Crippen molar-refractivity contribution in [3.8, 4) is 23.3 Å². The smallest absolute Gasteiger partial charge is 0.302 e. The number of phenolic OH excluding ortho intramolecular Hbond substituents is 1. The summed E-state index contributed by atoms with van der Waals surface area (Å²) in [6.07, 6.45) is 7.09. The molecule has 12 heteroatoms. The number of piperidine rings is 3. The van der Waals surface area contributed by atoms with Gasteiger partial charge >= 0.3 is 5.97 Å². The molecule has 7 N–H and O–H groups in total. The van der Waals surface area contributed by atoms with Gasteiger partial charge in [0, 0.05) is 63.9 Å². The molecular weight excluding hydrogens is 660 g/mol. The molecule has 3 fully saturated rings. The Labute approximate surface area is 308 Å². The van der Waals surface area contributed by atoms with Crippen LogP contribution in [-0.2, 0) is 22.6 Å². The Morgan fingerprint density at radius 2 is 1.90 bits per heavy atom. The van der Waals surface area contributed by atoms with Crippen molar-refractivity contribution in [2.24, 2.45) is 39.8 Å². The van der Waals surface area contributed by atoms with Gasteiger partial charge in [-0.05, 0) is 106 Å². The highest BCUT2D eigenvalue weighted by Crippen LogP contribution is 2.40. The van der Waals surface area contributed by atoms with Gasteiger partial charge in [-0.3, -0.25) is 9.69 Å². The van der Waals surface area contributed by atoms with Gasteiger partial charge in [0.2, 0.25) is 0 Å². The molecule has 286 valence electrons. The molecule has 0 saturated carbocycles.